The third-order valence-electron chi connectivity index (χ3n) is 1.76. The van der Waals surface area contributed by atoms with Crippen LogP contribution in [0.3, 0.4) is 0 Å². The molecule has 0 amide bonds. The van der Waals surface area contributed by atoms with Gasteiger partial charge < -0.3 is 10.8 Å². The maximum absolute atomic E-state index is 10.5. The molecule has 0 spiro atoms. The minimum atomic E-state index is -0.982. The first-order valence-corrected chi connectivity index (χ1v) is 5.51. The van der Waals surface area contributed by atoms with Crippen molar-refractivity contribution in [3.05, 3.63) is 32.7 Å². The zero-order valence-corrected chi connectivity index (χ0v) is 10.4. The second-order valence-electron chi connectivity index (χ2n) is 2.90. The summed E-state index contributed by atoms with van der Waals surface area (Å²) >= 11 is 6.67. The Kier molecular flexibility index (Phi) is 4.10. The smallest absolute Gasteiger partial charge is 0.320 e. The second kappa shape index (κ2) is 4.91. The van der Waals surface area contributed by atoms with Crippen LogP contribution in [0, 0.1) is 0 Å². The van der Waals surface area contributed by atoms with Gasteiger partial charge >= 0.3 is 5.97 Å². The molecule has 0 aromatic heterocycles. The predicted molar refractivity (Wildman–Crippen MR) is 61.2 cm³/mol. The Balaban J connectivity index is 2.78. The van der Waals surface area contributed by atoms with Crippen LogP contribution in [0.4, 0.5) is 0 Å². The lowest BCUT2D eigenvalue weighted by atomic mass is 10.1. The molecule has 0 unspecified atom stereocenters. The monoisotopic (exact) mass is 321 g/mol. The van der Waals surface area contributed by atoms with E-state index in [4.69, 9.17) is 10.8 Å². The molecule has 0 heterocycles. The van der Waals surface area contributed by atoms with Crippen LogP contribution in [0.25, 0.3) is 0 Å². The molecule has 5 heteroatoms. The normalized spacial score (nSPS) is 12.5. The highest BCUT2D eigenvalue weighted by Gasteiger charge is 2.12. The number of hydrogen-bond donors (Lipinski definition) is 2. The Morgan fingerprint density at radius 3 is 2.57 bits per heavy atom. The highest BCUT2D eigenvalue weighted by molar-refractivity contribution is 9.13. The first-order valence-electron chi connectivity index (χ1n) is 3.93. The summed E-state index contributed by atoms with van der Waals surface area (Å²) in [5, 5.41) is 8.62. The zero-order chi connectivity index (χ0) is 10.7. The molecule has 76 valence electrons. The molecule has 0 saturated carbocycles. The van der Waals surface area contributed by atoms with E-state index in [0.717, 1.165) is 14.5 Å². The fourth-order valence-electron chi connectivity index (χ4n) is 1.01. The van der Waals surface area contributed by atoms with E-state index in [0.29, 0.717) is 6.42 Å². The van der Waals surface area contributed by atoms with E-state index < -0.39 is 12.0 Å². The summed E-state index contributed by atoms with van der Waals surface area (Å²) in [4.78, 5) is 10.5. The van der Waals surface area contributed by atoms with Gasteiger partial charge in [0.1, 0.15) is 6.04 Å². The Hall–Kier alpha value is -0.390. The fourth-order valence-corrected chi connectivity index (χ4v) is 1.68. The molecule has 1 atom stereocenters. The van der Waals surface area contributed by atoms with E-state index in [1.807, 2.05) is 18.2 Å². The van der Waals surface area contributed by atoms with Crippen LogP contribution in [0.1, 0.15) is 5.56 Å². The van der Waals surface area contributed by atoms with Crippen LogP contribution in [0.2, 0.25) is 0 Å². The van der Waals surface area contributed by atoms with E-state index in [-0.39, 0.29) is 0 Å². The molecule has 1 aromatic rings. The molecule has 0 fully saturated rings. The van der Waals surface area contributed by atoms with E-state index in [9.17, 15) is 4.79 Å². The molecule has 14 heavy (non-hydrogen) atoms. The number of carbonyl (C=O) groups is 1. The van der Waals surface area contributed by atoms with Gasteiger partial charge in [-0.15, -0.1) is 0 Å². The minimum Gasteiger partial charge on any atom is -0.480 e. The predicted octanol–water partition coefficient (Wildman–Crippen LogP) is 2.17. The van der Waals surface area contributed by atoms with Crippen molar-refractivity contribution in [2.45, 2.75) is 12.5 Å². The van der Waals surface area contributed by atoms with Gasteiger partial charge in [0.25, 0.3) is 0 Å². The summed E-state index contributed by atoms with van der Waals surface area (Å²) in [6.45, 7) is 0. The highest BCUT2D eigenvalue weighted by atomic mass is 79.9. The molecule has 0 aliphatic heterocycles. The van der Waals surface area contributed by atoms with Crippen LogP contribution >= 0.6 is 31.9 Å². The van der Waals surface area contributed by atoms with E-state index in [1.54, 1.807) is 0 Å². The van der Waals surface area contributed by atoms with Gasteiger partial charge in [-0.05, 0) is 56.0 Å². The standard InChI is InChI=1S/C9H9Br2NO2/c10-6-2-1-5(3-7(6)11)4-8(12)9(13)14/h1-3,8H,4,12H2,(H,13,14)/t8-/m0/s1. The van der Waals surface area contributed by atoms with Gasteiger partial charge in [-0.3, -0.25) is 4.79 Å². The fraction of sp³-hybridized carbons (Fsp3) is 0.222. The number of carboxylic acids is 1. The van der Waals surface area contributed by atoms with Crippen molar-refractivity contribution in [3.8, 4) is 0 Å². The van der Waals surface area contributed by atoms with Crippen molar-refractivity contribution in [2.75, 3.05) is 0 Å². The number of nitrogens with two attached hydrogens (primary N) is 1. The summed E-state index contributed by atoms with van der Waals surface area (Å²) in [6, 6.07) is 4.71. The van der Waals surface area contributed by atoms with Crippen molar-refractivity contribution < 1.29 is 9.90 Å². The van der Waals surface area contributed by atoms with Crippen molar-refractivity contribution in [1.29, 1.82) is 0 Å². The largest absolute Gasteiger partial charge is 0.480 e. The van der Waals surface area contributed by atoms with Crippen molar-refractivity contribution in [1.82, 2.24) is 0 Å². The first kappa shape index (κ1) is 11.7. The number of halogens is 2. The number of hydrogen-bond acceptors (Lipinski definition) is 2. The Morgan fingerprint density at radius 2 is 2.07 bits per heavy atom. The van der Waals surface area contributed by atoms with Crippen LogP contribution < -0.4 is 5.73 Å². The molecular formula is C9H9Br2NO2. The maximum atomic E-state index is 10.5. The van der Waals surface area contributed by atoms with E-state index in [2.05, 4.69) is 31.9 Å². The Bertz CT molecular complexity index is 355. The van der Waals surface area contributed by atoms with Gasteiger partial charge in [0.2, 0.25) is 0 Å². The van der Waals surface area contributed by atoms with Crippen LogP contribution in [0.15, 0.2) is 27.1 Å². The summed E-state index contributed by atoms with van der Waals surface area (Å²) in [7, 11) is 0. The van der Waals surface area contributed by atoms with Gasteiger partial charge in [0, 0.05) is 8.95 Å². The average Bonchev–Trinajstić information content (AvgIpc) is 2.11. The molecule has 0 bridgehead atoms. The summed E-state index contributed by atoms with van der Waals surface area (Å²) < 4.78 is 1.83. The Labute approximate surface area is 98.6 Å². The lowest BCUT2D eigenvalue weighted by molar-refractivity contribution is -0.138. The van der Waals surface area contributed by atoms with Crippen LogP contribution in [0.5, 0.6) is 0 Å². The van der Waals surface area contributed by atoms with Crippen LogP contribution in [-0.4, -0.2) is 17.1 Å². The zero-order valence-electron chi connectivity index (χ0n) is 7.21. The number of aliphatic carboxylic acids is 1. The molecule has 3 N–H and O–H groups in total. The second-order valence-corrected chi connectivity index (χ2v) is 4.61. The summed E-state index contributed by atoms with van der Waals surface area (Å²) in [5.41, 5.74) is 6.31. The topological polar surface area (TPSA) is 63.3 Å². The Morgan fingerprint density at radius 1 is 1.43 bits per heavy atom. The third-order valence-corrected chi connectivity index (χ3v) is 3.64. The lowest BCUT2D eigenvalue weighted by Gasteiger charge is -2.07. The molecule has 0 aliphatic carbocycles. The van der Waals surface area contributed by atoms with Crippen molar-refractivity contribution >= 4 is 37.8 Å². The van der Waals surface area contributed by atoms with Gasteiger partial charge in [0.05, 0.1) is 0 Å². The number of carboxylic acid groups (broad SMARTS) is 1. The first-order chi connectivity index (χ1) is 6.50. The van der Waals surface area contributed by atoms with E-state index in [1.165, 1.54) is 0 Å². The molecule has 1 rings (SSSR count). The van der Waals surface area contributed by atoms with E-state index >= 15 is 0 Å². The average molecular weight is 323 g/mol. The highest BCUT2D eigenvalue weighted by Crippen LogP contribution is 2.24. The quantitative estimate of drug-likeness (QED) is 0.896. The number of benzene rings is 1. The number of rotatable bonds is 3. The lowest BCUT2D eigenvalue weighted by Crippen LogP contribution is -2.32. The third kappa shape index (κ3) is 3.08. The van der Waals surface area contributed by atoms with Gasteiger partial charge in [-0.1, -0.05) is 6.07 Å². The molecule has 3 nitrogen and oxygen atoms in total. The van der Waals surface area contributed by atoms with Crippen LogP contribution in [-0.2, 0) is 11.2 Å². The van der Waals surface area contributed by atoms with Crippen molar-refractivity contribution in [3.63, 3.8) is 0 Å². The SMILES string of the molecule is N[C@@H](Cc1ccc(Br)c(Br)c1)C(=O)O. The summed E-state index contributed by atoms with van der Waals surface area (Å²) in [5.74, 6) is -0.982. The molecular weight excluding hydrogens is 314 g/mol. The molecule has 0 saturated heterocycles. The minimum absolute atomic E-state index is 0.335. The van der Waals surface area contributed by atoms with Gasteiger partial charge in [-0.2, -0.15) is 0 Å². The van der Waals surface area contributed by atoms with Gasteiger partial charge in [0.15, 0.2) is 0 Å². The summed E-state index contributed by atoms with van der Waals surface area (Å²) in [6.07, 6.45) is 0.335. The van der Waals surface area contributed by atoms with Gasteiger partial charge in [-0.25, -0.2) is 0 Å². The molecule has 0 aliphatic rings. The van der Waals surface area contributed by atoms with Crippen molar-refractivity contribution in [2.24, 2.45) is 5.73 Å². The molecule has 0 radical (unpaired) electrons. The maximum Gasteiger partial charge on any atom is 0.320 e. The molecule has 1 aromatic carbocycles.